The number of hydrogen-bond donors (Lipinski definition) is 4. The Labute approximate surface area is 339 Å². The van der Waals surface area contributed by atoms with Crippen LogP contribution in [0.3, 0.4) is 0 Å². The first-order chi connectivity index (χ1) is 27.7. The second kappa shape index (κ2) is 21.0. The molecule has 3 aliphatic heterocycles. The number of carbonyl (C=O) groups excluding carboxylic acids is 3. The molecule has 0 bridgehead atoms. The second-order valence-corrected chi connectivity index (χ2v) is 16.6. The Morgan fingerprint density at radius 2 is 1.74 bits per heavy atom. The number of unbranched alkanes of at least 4 members (excludes halogenated alkanes) is 1. The number of methoxy groups -OCH3 is 1. The maximum absolute atomic E-state index is 14.8. The van der Waals surface area contributed by atoms with Crippen molar-refractivity contribution in [2.24, 2.45) is 28.3 Å². The molecular formula is C44H66N8O5. The van der Waals surface area contributed by atoms with E-state index < -0.39 is 11.9 Å². The summed E-state index contributed by atoms with van der Waals surface area (Å²) in [7, 11) is 1.48. The number of nitrogens with two attached hydrogens (primary N) is 2. The fourth-order valence-corrected chi connectivity index (χ4v) is 8.91. The van der Waals surface area contributed by atoms with Crippen molar-refractivity contribution in [2.75, 3.05) is 59.5 Å². The zero-order chi connectivity index (χ0) is 40.1. The minimum Gasteiger partial charge on any atom is -0.496 e. The molecule has 2 aromatic carbocycles. The van der Waals surface area contributed by atoms with Gasteiger partial charge >= 0.3 is 0 Å². The maximum atomic E-state index is 14.8. The molecule has 13 nitrogen and oxygen atoms in total. The van der Waals surface area contributed by atoms with Gasteiger partial charge in [-0.2, -0.15) is 0 Å². The van der Waals surface area contributed by atoms with E-state index >= 15 is 0 Å². The van der Waals surface area contributed by atoms with E-state index in [2.05, 4.69) is 34.6 Å². The van der Waals surface area contributed by atoms with Crippen LogP contribution >= 0.6 is 0 Å². The van der Waals surface area contributed by atoms with Gasteiger partial charge in [0.2, 0.25) is 11.8 Å². The topological polar surface area (TPSA) is 168 Å². The third kappa shape index (κ3) is 11.7. The summed E-state index contributed by atoms with van der Waals surface area (Å²) >= 11 is 0. The highest BCUT2D eigenvalue weighted by molar-refractivity contribution is 5.95. The largest absolute Gasteiger partial charge is 0.496 e. The molecule has 2 aromatic rings. The molecule has 1 aliphatic carbocycles. The Kier molecular flexibility index (Phi) is 15.6. The number of benzene rings is 2. The molecule has 312 valence electrons. The van der Waals surface area contributed by atoms with Crippen LogP contribution in [0.25, 0.3) is 0 Å². The van der Waals surface area contributed by atoms with E-state index in [0.29, 0.717) is 43.4 Å². The Hall–Kier alpha value is -4.20. The van der Waals surface area contributed by atoms with E-state index in [1.807, 2.05) is 28.0 Å². The lowest BCUT2D eigenvalue weighted by Crippen LogP contribution is -2.63. The van der Waals surface area contributed by atoms with Gasteiger partial charge in [-0.3, -0.25) is 14.4 Å². The van der Waals surface area contributed by atoms with E-state index in [-0.39, 0.29) is 48.5 Å². The Balaban J connectivity index is 1.17. The number of piperidine rings is 1. The van der Waals surface area contributed by atoms with Gasteiger partial charge in [-0.25, -0.2) is 4.99 Å². The van der Waals surface area contributed by atoms with Crippen LogP contribution in [-0.2, 0) is 27.3 Å². The lowest BCUT2D eigenvalue weighted by Gasteiger charge is -2.42. The molecular weight excluding hydrogens is 721 g/mol. The Morgan fingerprint density at radius 3 is 2.46 bits per heavy atom. The predicted octanol–water partition coefficient (Wildman–Crippen LogP) is 3.69. The number of ether oxygens (including phenoxy) is 2. The number of hydrogen-bond acceptors (Lipinski definition) is 10. The van der Waals surface area contributed by atoms with Crippen LogP contribution < -0.4 is 26.8 Å². The number of nitrogens with zero attached hydrogens (tertiary/aromatic N) is 4. The van der Waals surface area contributed by atoms with E-state index in [4.69, 9.17) is 25.9 Å². The molecule has 57 heavy (non-hydrogen) atoms. The molecule has 1 saturated carbocycles. The van der Waals surface area contributed by atoms with Crippen LogP contribution in [0, 0.1) is 11.8 Å². The number of likely N-dealkylation sites (tertiary alicyclic amines) is 1. The molecule has 0 aromatic heterocycles. The van der Waals surface area contributed by atoms with Crippen LogP contribution in [0.5, 0.6) is 5.75 Å². The summed E-state index contributed by atoms with van der Waals surface area (Å²) in [5.41, 5.74) is 13.7. The minimum atomic E-state index is -0.760. The first-order valence-corrected chi connectivity index (χ1v) is 21.5. The summed E-state index contributed by atoms with van der Waals surface area (Å²) in [6.07, 6.45) is 11.6. The highest BCUT2D eigenvalue weighted by Crippen LogP contribution is 2.27. The van der Waals surface area contributed by atoms with Gasteiger partial charge in [-0.05, 0) is 114 Å². The third-order valence-electron chi connectivity index (χ3n) is 12.5. The highest BCUT2D eigenvalue weighted by atomic mass is 16.5. The fraction of sp³-hybridized carbons (Fsp3) is 0.636. The molecule has 6 rings (SSSR count). The summed E-state index contributed by atoms with van der Waals surface area (Å²) < 4.78 is 11.9. The first kappa shape index (κ1) is 42.4. The smallest absolute Gasteiger partial charge is 0.288 e. The molecule has 13 heteroatoms. The van der Waals surface area contributed by atoms with Gasteiger partial charge < -0.3 is 46.3 Å². The normalized spacial score (nSPS) is 24.7. The molecule has 4 atom stereocenters. The molecule has 3 amide bonds. The van der Waals surface area contributed by atoms with Crippen molar-refractivity contribution in [3.8, 4) is 5.75 Å². The number of carbonyl (C=O) groups is 3. The number of rotatable bonds is 17. The van der Waals surface area contributed by atoms with Gasteiger partial charge in [0.1, 0.15) is 17.9 Å². The van der Waals surface area contributed by atoms with Crippen LogP contribution in [0.1, 0.15) is 92.6 Å². The summed E-state index contributed by atoms with van der Waals surface area (Å²) in [6, 6.07) is 15.4. The number of nitrogens with one attached hydrogen (secondary N) is 2. The Morgan fingerprint density at radius 1 is 0.965 bits per heavy atom. The van der Waals surface area contributed by atoms with Crippen molar-refractivity contribution in [2.45, 2.75) is 108 Å². The predicted molar refractivity (Wildman–Crippen MR) is 223 cm³/mol. The molecule has 4 aliphatic rings. The van der Waals surface area contributed by atoms with Gasteiger partial charge in [0.15, 0.2) is 0 Å². The highest BCUT2D eigenvalue weighted by Gasteiger charge is 2.41. The fourth-order valence-electron chi connectivity index (χ4n) is 8.91. The summed E-state index contributed by atoms with van der Waals surface area (Å²) in [4.78, 5) is 52.4. The summed E-state index contributed by atoms with van der Waals surface area (Å²) in [6.45, 7) is 8.14. The molecule has 2 saturated heterocycles. The van der Waals surface area contributed by atoms with E-state index in [1.54, 1.807) is 18.2 Å². The maximum Gasteiger partial charge on any atom is 0.288 e. The average Bonchev–Trinajstić information content (AvgIpc) is 3.61. The second-order valence-electron chi connectivity index (χ2n) is 16.6. The van der Waals surface area contributed by atoms with Crippen LogP contribution in [0.15, 0.2) is 53.5 Å². The van der Waals surface area contributed by atoms with Crippen molar-refractivity contribution >= 4 is 23.7 Å². The number of amides is 3. The Bertz CT molecular complexity index is 1640. The van der Waals surface area contributed by atoms with E-state index in [1.165, 1.54) is 45.0 Å². The lowest BCUT2D eigenvalue weighted by atomic mass is 9.86. The van der Waals surface area contributed by atoms with Gasteiger partial charge in [0, 0.05) is 38.6 Å². The number of amidine groups is 1. The van der Waals surface area contributed by atoms with Crippen LogP contribution in [0.2, 0.25) is 0 Å². The summed E-state index contributed by atoms with van der Waals surface area (Å²) in [5.74, 6) is -0.143. The quantitative estimate of drug-likeness (QED) is 0.175. The van der Waals surface area contributed by atoms with Gasteiger partial charge in [-0.1, -0.05) is 49.2 Å². The molecule has 0 radical (unpaired) electrons. The zero-order valence-corrected chi connectivity index (χ0v) is 34.2. The molecule has 2 unspecified atom stereocenters. The third-order valence-corrected chi connectivity index (χ3v) is 12.5. The van der Waals surface area contributed by atoms with Crippen molar-refractivity contribution in [3.05, 3.63) is 65.2 Å². The van der Waals surface area contributed by atoms with Crippen molar-refractivity contribution in [1.29, 1.82) is 0 Å². The van der Waals surface area contributed by atoms with Gasteiger partial charge in [0.25, 0.3) is 11.9 Å². The lowest BCUT2D eigenvalue weighted by molar-refractivity contribution is -0.146. The first-order valence-electron chi connectivity index (χ1n) is 21.5. The van der Waals surface area contributed by atoms with E-state index in [0.717, 1.165) is 70.0 Å². The van der Waals surface area contributed by atoms with Crippen molar-refractivity contribution in [3.63, 3.8) is 0 Å². The number of piperazine rings is 1. The summed E-state index contributed by atoms with van der Waals surface area (Å²) in [5, 5.41) is 6.87. The number of aliphatic imine (C=N–C) groups is 1. The van der Waals surface area contributed by atoms with Gasteiger partial charge in [-0.15, -0.1) is 0 Å². The van der Waals surface area contributed by atoms with Gasteiger partial charge in [0.05, 0.1) is 31.2 Å². The number of primary amides is 1. The van der Waals surface area contributed by atoms with Crippen molar-refractivity contribution in [1.82, 2.24) is 25.3 Å². The SMILES string of the molecule is COc1cc(CNC(=O)[C@@H]2CN(C3=N[C@@H](C)C(Cc4ccccc4)O3)CCN2C(=O)C(CCCCN2CCCCC2)CNC2CCC(CN)CC2)ccc1C(N)=O. The average molecular weight is 787 g/mol. The minimum absolute atomic E-state index is 0.0213. The van der Waals surface area contributed by atoms with Crippen molar-refractivity contribution < 1.29 is 23.9 Å². The molecule has 6 N–H and O–H groups in total. The van der Waals surface area contributed by atoms with Crippen LogP contribution in [-0.4, -0.2) is 122 Å². The molecule has 3 fully saturated rings. The van der Waals surface area contributed by atoms with E-state index in [9.17, 15) is 14.4 Å². The zero-order valence-electron chi connectivity index (χ0n) is 34.2. The standard InChI is InChI=1S/C44H66N8O5/c1-31-39(25-32-11-5-3-6-12-32)57-44(49-31)51-23-24-52(38(30-51)42(54)48-28-34-16-19-37(41(46)53)40(26-34)56-2)43(55)35(13-7-10-22-50-20-8-4-9-21-50)29-47-36-17-14-33(27-45)15-18-36/h3,5-6,11-12,16,19,26,31,33,35-36,38-39,47H,4,7-10,13-15,17-18,20-25,27-30,45H2,1-2H3,(H2,46,53)(H,48,54)/t31-,33?,35?,36?,38-,39?/m0/s1. The molecule has 3 heterocycles. The monoisotopic (exact) mass is 787 g/mol. The van der Waals surface area contributed by atoms with Crippen LogP contribution in [0.4, 0.5) is 0 Å². The molecule has 0 spiro atoms.